The highest BCUT2D eigenvalue weighted by Gasteiger charge is 2.59. The third-order valence-corrected chi connectivity index (χ3v) is 6.39. The summed E-state index contributed by atoms with van der Waals surface area (Å²) in [5.74, 6) is -4.75. The Morgan fingerprint density at radius 1 is 1.12 bits per heavy atom. The van der Waals surface area contributed by atoms with E-state index in [2.05, 4.69) is 15.0 Å². The number of carbonyl (C=O) groups is 2. The van der Waals surface area contributed by atoms with Crippen molar-refractivity contribution in [1.29, 1.82) is 0 Å². The van der Waals surface area contributed by atoms with Gasteiger partial charge in [0.05, 0.1) is 12.0 Å². The van der Waals surface area contributed by atoms with Gasteiger partial charge in [-0.1, -0.05) is 6.92 Å². The first-order valence-corrected chi connectivity index (χ1v) is 11.4. The first-order chi connectivity index (χ1) is 15.9. The van der Waals surface area contributed by atoms with Crippen LogP contribution in [0.5, 0.6) is 0 Å². The molecule has 1 fully saturated rings. The second kappa shape index (κ2) is 8.71. The monoisotopic (exact) mass is 498 g/mol. The van der Waals surface area contributed by atoms with Gasteiger partial charge >= 0.3 is 12.1 Å². The zero-order valence-electron chi connectivity index (χ0n) is 18.1. The Labute approximate surface area is 195 Å². The smallest absolute Gasteiger partial charge is 0.310 e. The molecule has 0 spiro atoms. The predicted octanol–water partition coefficient (Wildman–Crippen LogP) is 5.35. The standard InChI is InChI=1S/C22H19F5N4O2S/c1-3-34-17-6-12(16(33)8-15(32)11-4-5-11)9-28-18(17)20-30-14-7-13(10-29-19(14)31(20)2)21(23,24)22(25,26)27/h6-7,9-11H,3-5,8H2,1-2H3. The Hall–Kier alpha value is -2.89. The van der Waals surface area contributed by atoms with E-state index in [1.54, 1.807) is 6.07 Å². The molecule has 12 heteroatoms. The van der Waals surface area contributed by atoms with Crippen molar-refractivity contribution in [3.63, 3.8) is 0 Å². The number of Topliss-reactive ketones (excluding diaryl/α,β-unsaturated/α-hetero) is 2. The molecule has 0 atom stereocenters. The fraction of sp³-hybridized carbons (Fsp3) is 0.409. The van der Waals surface area contributed by atoms with Crippen LogP contribution in [0.3, 0.4) is 0 Å². The minimum Gasteiger partial charge on any atom is -0.310 e. The van der Waals surface area contributed by atoms with Crippen LogP contribution in [-0.4, -0.2) is 43.0 Å². The van der Waals surface area contributed by atoms with Crippen molar-refractivity contribution in [2.75, 3.05) is 5.75 Å². The van der Waals surface area contributed by atoms with Crippen molar-refractivity contribution in [3.8, 4) is 11.5 Å². The van der Waals surface area contributed by atoms with E-state index in [0.29, 0.717) is 28.6 Å². The maximum absolute atomic E-state index is 13.8. The molecule has 1 aliphatic rings. The maximum Gasteiger partial charge on any atom is 0.458 e. The minimum atomic E-state index is -5.77. The molecule has 3 aromatic heterocycles. The Morgan fingerprint density at radius 2 is 1.82 bits per heavy atom. The fourth-order valence-corrected chi connectivity index (χ4v) is 4.27. The number of pyridine rings is 2. The van der Waals surface area contributed by atoms with E-state index >= 15 is 0 Å². The van der Waals surface area contributed by atoms with Crippen molar-refractivity contribution in [1.82, 2.24) is 19.5 Å². The highest BCUT2D eigenvalue weighted by atomic mass is 32.2. The van der Waals surface area contributed by atoms with Gasteiger partial charge in [0.25, 0.3) is 0 Å². The van der Waals surface area contributed by atoms with Crippen molar-refractivity contribution >= 4 is 34.5 Å². The molecule has 0 saturated heterocycles. The van der Waals surface area contributed by atoms with Gasteiger partial charge in [0.2, 0.25) is 0 Å². The molecule has 3 heterocycles. The van der Waals surface area contributed by atoms with Crippen LogP contribution in [-0.2, 0) is 17.8 Å². The number of nitrogens with zero attached hydrogens (tertiary/aromatic N) is 4. The number of aryl methyl sites for hydroxylation is 1. The van der Waals surface area contributed by atoms with Crippen molar-refractivity contribution < 1.29 is 31.5 Å². The number of halogens is 5. The van der Waals surface area contributed by atoms with E-state index in [9.17, 15) is 31.5 Å². The average molecular weight is 498 g/mol. The Morgan fingerprint density at radius 3 is 2.44 bits per heavy atom. The molecule has 0 aliphatic heterocycles. The molecule has 4 rings (SSSR count). The van der Waals surface area contributed by atoms with Gasteiger partial charge in [-0.3, -0.25) is 14.6 Å². The lowest BCUT2D eigenvalue weighted by molar-refractivity contribution is -0.289. The van der Waals surface area contributed by atoms with Crippen LogP contribution >= 0.6 is 11.8 Å². The summed E-state index contributed by atoms with van der Waals surface area (Å²) in [7, 11) is 1.54. The largest absolute Gasteiger partial charge is 0.458 e. The number of aromatic nitrogens is 4. The summed E-state index contributed by atoms with van der Waals surface area (Å²) in [6.07, 6.45) is -2.57. The zero-order chi connectivity index (χ0) is 24.8. The van der Waals surface area contributed by atoms with Gasteiger partial charge in [-0.05, 0) is 30.7 Å². The first-order valence-electron chi connectivity index (χ1n) is 10.4. The van der Waals surface area contributed by atoms with Crippen LogP contribution in [0.2, 0.25) is 0 Å². The molecule has 34 heavy (non-hydrogen) atoms. The van der Waals surface area contributed by atoms with E-state index in [1.807, 2.05) is 6.92 Å². The van der Waals surface area contributed by atoms with Crippen LogP contribution < -0.4 is 0 Å². The minimum absolute atomic E-state index is 0.0391. The summed E-state index contributed by atoms with van der Waals surface area (Å²) in [6.45, 7) is 1.88. The van der Waals surface area contributed by atoms with E-state index < -0.39 is 17.7 Å². The third-order valence-electron chi connectivity index (χ3n) is 5.48. The summed E-state index contributed by atoms with van der Waals surface area (Å²) >= 11 is 1.35. The number of hydrogen-bond donors (Lipinski definition) is 0. The first kappa shape index (κ1) is 24.2. The lowest BCUT2D eigenvalue weighted by atomic mass is 10.1. The number of thioether (sulfide) groups is 1. The van der Waals surface area contributed by atoms with Crippen molar-refractivity contribution in [3.05, 3.63) is 35.7 Å². The Balaban J connectivity index is 1.73. The molecule has 1 aliphatic carbocycles. The van der Waals surface area contributed by atoms with Gasteiger partial charge < -0.3 is 4.57 Å². The molecule has 0 bridgehead atoms. The molecule has 6 nitrogen and oxygen atoms in total. The number of alkyl halides is 5. The van der Waals surface area contributed by atoms with Gasteiger partial charge in [-0.25, -0.2) is 9.97 Å². The number of hydrogen-bond acceptors (Lipinski definition) is 6. The molecule has 0 amide bonds. The highest BCUT2D eigenvalue weighted by molar-refractivity contribution is 7.99. The molecule has 180 valence electrons. The van der Waals surface area contributed by atoms with Crippen LogP contribution in [0, 0.1) is 5.92 Å². The lowest BCUT2D eigenvalue weighted by Gasteiger charge is -2.19. The molecule has 3 aromatic rings. The molecule has 0 N–H and O–H groups in total. The zero-order valence-corrected chi connectivity index (χ0v) is 18.9. The Bertz CT molecular complexity index is 1280. The van der Waals surface area contributed by atoms with Gasteiger partial charge in [0.1, 0.15) is 17.0 Å². The van der Waals surface area contributed by atoms with Crippen LogP contribution in [0.25, 0.3) is 22.7 Å². The molecule has 0 aromatic carbocycles. The van der Waals surface area contributed by atoms with E-state index in [1.165, 1.54) is 29.6 Å². The summed E-state index contributed by atoms with van der Waals surface area (Å²) in [5, 5.41) is 0. The normalized spacial score (nSPS) is 14.6. The molecule has 0 unspecified atom stereocenters. The SMILES string of the molecule is CCSc1cc(C(=O)CC(=O)C2CC2)cnc1-c1nc2cc(C(F)(F)C(F)(F)F)cnc2n1C. The van der Waals surface area contributed by atoms with Crippen LogP contribution in [0.4, 0.5) is 22.0 Å². The number of fused-ring (bicyclic) bond motifs is 1. The lowest BCUT2D eigenvalue weighted by Crippen LogP contribution is -2.33. The summed E-state index contributed by atoms with van der Waals surface area (Å²) in [6, 6.07) is 2.25. The number of imidazole rings is 1. The van der Waals surface area contributed by atoms with E-state index in [0.717, 1.165) is 12.8 Å². The number of carbonyl (C=O) groups excluding carboxylic acids is 2. The number of ketones is 2. The third kappa shape index (κ3) is 4.42. The molecular formula is C22H19F5N4O2S. The quantitative estimate of drug-likeness (QED) is 0.180. The molecule has 1 saturated carbocycles. The van der Waals surface area contributed by atoms with Gasteiger partial charge in [0.15, 0.2) is 17.3 Å². The molecular weight excluding hydrogens is 479 g/mol. The second-order valence-electron chi connectivity index (χ2n) is 7.98. The van der Waals surface area contributed by atoms with Gasteiger partial charge in [-0.2, -0.15) is 22.0 Å². The fourth-order valence-electron chi connectivity index (χ4n) is 3.46. The van der Waals surface area contributed by atoms with Gasteiger partial charge in [-0.15, -0.1) is 11.8 Å². The maximum atomic E-state index is 13.8. The predicted molar refractivity (Wildman–Crippen MR) is 115 cm³/mol. The van der Waals surface area contributed by atoms with Crippen molar-refractivity contribution in [2.45, 2.75) is 43.2 Å². The summed E-state index contributed by atoms with van der Waals surface area (Å²) in [4.78, 5) is 37.4. The molecule has 0 radical (unpaired) electrons. The van der Waals surface area contributed by atoms with E-state index in [4.69, 9.17) is 0 Å². The van der Waals surface area contributed by atoms with Crippen LogP contribution in [0.15, 0.2) is 29.4 Å². The topological polar surface area (TPSA) is 77.7 Å². The Kier molecular flexibility index (Phi) is 6.21. The number of rotatable bonds is 8. The average Bonchev–Trinajstić information content (AvgIpc) is 3.57. The van der Waals surface area contributed by atoms with Crippen LogP contribution in [0.1, 0.15) is 42.1 Å². The second-order valence-corrected chi connectivity index (χ2v) is 9.28. The summed E-state index contributed by atoms with van der Waals surface area (Å²) in [5.41, 5.74) is -0.779. The highest BCUT2D eigenvalue weighted by Crippen LogP contribution is 2.44. The van der Waals surface area contributed by atoms with E-state index in [-0.39, 0.29) is 46.5 Å². The van der Waals surface area contributed by atoms with Gasteiger partial charge in [0, 0.05) is 35.8 Å². The van der Waals surface area contributed by atoms with Crippen molar-refractivity contribution in [2.24, 2.45) is 13.0 Å². The summed E-state index contributed by atoms with van der Waals surface area (Å²) < 4.78 is 67.3.